The Labute approximate surface area is 203 Å². The van der Waals surface area contributed by atoms with Gasteiger partial charge in [-0.25, -0.2) is 14.6 Å². The molecule has 0 radical (unpaired) electrons. The van der Waals surface area contributed by atoms with Crippen LogP contribution < -0.4 is 10.1 Å². The van der Waals surface area contributed by atoms with Gasteiger partial charge in [0.15, 0.2) is 5.65 Å². The van der Waals surface area contributed by atoms with E-state index in [1.165, 1.54) is 6.33 Å². The largest absolute Gasteiger partial charge is 0.494 e. The first kappa shape index (κ1) is 22.8. The summed E-state index contributed by atoms with van der Waals surface area (Å²) in [6.45, 7) is 6.03. The number of hydrogen-bond acceptors (Lipinski definition) is 8. The minimum absolute atomic E-state index is 0.572. The minimum atomic E-state index is 0.572. The normalized spacial score (nSPS) is 14.0. The summed E-state index contributed by atoms with van der Waals surface area (Å²) in [4.78, 5) is 11.2. The van der Waals surface area contributed by atoms with Crippen LogP contribution in [0, 0.1) is 11.3 Å². The third kappa shape index (κ3) is 5.57. The molecule has 0 spiro atoms. The van der Waals surface area contributed by atoms with Crippen LogP contribution in [0.5, 0.6) is 5.75 Å². The molecule has 2 aromatic heterocycles. The number of anilines is 1. The van der Waals surface area contributed by atoms with E-state index < -0.39 is 0 Å². The Balaban J connectivity index is 1.17. The molecule has 0 bridgehead atoms. The zero-order valence-corrected chi connectivity index (χ0v) is 19.4. The van der Waals surface area contributed by atoms with Gasteiger partial charge in [0, 0.05) is 26.2 Å². The first-order chi connectivity index (χ1) is 17.3. The summed E-state index contributed by atoms with van der Waals surface area (Å²) in [6, 6.07) is 17.5. The lowest BCUT2D eigenvalue weighted by molar-refractivity contribution is 0.0358. The van der Waals surface area contributed by atoms with Crippen molar-refractivity contribution in [3.05, 3.63) is 72.2 Å². The molecular formula is C26H27N7O2. The molecule has 0 amide bonds. The van der Waals surface area contributed by atoms with Crippen molar-refractivity contribution in [1.82, 2.24) is 24.6 Å². The van der Waals surface area contributed by atoms with E-state index >= 15 is 0 Å². The first-order valence-corrected chi connectivity index (χ1v) is 11.7. The molecule has 3 heterocycles. The highest BCUT2D eigenvalue weighted by Crippen LogP contribution is 2.23. The lowest BCUT2D eigenvalue weighted by Gasteiger charge is -2.26. The maximum Gasteiger partial charge on any atom is 0.168 e. The Morgan fingerprint density at radius 3 is 2.77 bits per heavy atom. The highest BCUT2D eigenvalue weighted by Gasteiger charge is 2.12. The fourth-order valence-corrected chi connectivity index (χ4v) is 4.07. The highest BCUT2D eigenvalue weighted by atomic mass is 16.5. The zero-order chi connectivity index (χ0) is 23.9. The molecule has 0 atom stereocenters. The van der Waals surface area contributed by atoms with Crippen molar-refractivity contribution < 1.29 is 9.47 Å². The van der Waals surface area contributed by atoms with Crippen LogP contribution in [0.3, 0.4) is 0 Å². The van der Waals surface area contributed by atoms with Crippen molar-refractivity contribution in [3.8, 4) is 17.5 Å². The van der Waals surface area contributed by atoms with Gasteiger partial charge in [0.25, 0.3) is 0 Å². The maximum atomic E-state index is 9.19. The average Bonchev–Trinajstić information content (AvgIpc) is 3.36. The SMILES string of the molecule is N#Cc1cccc(-n2ncc3c(NCc4ccc(OCCCN5CCOCC5)cc4)ncnc32)c1. The topological polar surface area (TPSA) is 101 Å². The third-order valence-electron chi connectivity index (χ3n) is 5.96. The van der Waals surface area contributed by atoms with E-state index in [0.717, 1.165) is 61.7 Å². The summed E-state index contributed by atoms with van der Waals surface area (Å²) in [5.74, 6) is 1.59. The molecule has 178 valence electrons. The van der Waals surface area contributed by atoms with Crippen LogP contribution in [0.15, 0.2) is 61.1 Å². The molecule has 4 aromatic rings. The number of rotatable bonds is 9. The van der Waals surface area contributed by atoms with Crippen LogP contribution in [0.25, 0.3) is 16.7 Å². The number of nitrogens with one attached hydrogen (secondary N) is 1. The number of fused-ring (bicyclic) bond motifs is 1. The molecular weight excluding hydrogens is 442 g/mol. The predicted molar refractivity (Wildman–Crippen MR) is 133 cm³/mol. The summed E-state index contributed by atoms with van der Waals surface area (Å²) in [7, 11) is 0. The molecule has 5 rings (SSSR count). The van der Waals surface area contributed by atoms with Crippen LogP contribution in [0.4, 0.5) is 5.82 Å². The second kappa shape index (κ2) is 11.0. The summed E-state index contributed by atoms with van der Waals surface area (Å²) in [5, 5.41) is 17.9. The monoisotopic (exact) mass is 469 g/mol. The lowest BCUT2D eigenvalue weighted by atomic mass is 10.2. The van der Waals surface area contributed by atoms with Crippen LogP contribution in [0.1, 0.15) is 17.5 Å². The summed E-state index contributed by atoms with van der Waals surface area (Å²) in [6.07, 6.45) is 4.26. The number of morpholine rings is 1. The Morgan fingerprint density at radius 2 is 1.94 bits per heavy atom. The Kier molecular flexibility index (Phi) is 7.13. The fraction of sp³-hybridized carbons (Fsp3) is 0.308. The average molecular weight is 470 g/mol. The van der Waals surface area contributed by atoms with Gasteiger partial charge >= 0.3 is 0 Å². The second-order valence-electron chi connectivity index (χ2n) is 8.33. The number of ether oxygens (including phenoxy) is 2. The van der Waals surface area contributed by atoms with Gasteiger partial charge in [-0.3, -0.25) is 4.90 Å². The van der Waals surface area contributed by atoms with Gasteiger partial charge in [0.05, 0.1) is 48.7 Å². The van der Waals surface area contributed by atoms with E-state index in [2.05, 4.69) is 43.5 Å². The van der Waals surface area contributed by atoms with E-state index in [1.807, 2.05) is 24.3 Å². The van der Waals surface area contributed by atoms with Gasteiger partial charge in [0.1, 0.15) is 17.9 Å². The van der Waals surface area contributed by atoms with Gasteiger partial charge in [-0.2, -0.15) is 10.4 Å². The van der Waals surface area contributed by atoms with Gasteiger partial charge < -0.3 is 14.8 Å². The first-order valence-electron chi connectivity index (χ1n) is 11.7. The standard InChI is InChI=1S/C26H27N7O2/c27-16-21-3-1-4-22(15-21)33-26-24(18-31-33)25(29-19-30-26)28-17-20-5-7-23(8-6-20)35-12-2-9-32-10-13-34-14-11-32/h1,3-8,15,18-19H,2,9-14,17H2,(H,28,29,30). The number of benzene rings is 2. The molecule has 9 nitrogen and oxygen atoms in total. The smallest absolute Gasteiger partial charge is 0.168 e. The molecule has 1 aliphatic rings. The van der Waals surface area contributed by atoms with Crippen LogP contribution >= 0.6 is 0 Å². The van der Waals surface area contributed by atoms with Gasteiger partial charge in [0.2, 0.25) is 0 Å². The highest BCUT2D eigenvalue weighted by molar-refractivity contribution is 5.87. The molecule has 0 unspecified atom stereocenters. The summed E-state index contributed by atoms with van der Waals surface area (Å²) >= 11 is 0. The third-order valence-corrected chi connectivity index (χ3v) is 5.96. The lowest BCUT2D eigenvalue weighted by Crippen LogP contribution is -2.37. The molecule has 0 saturated carbocycles. The zero-order valence-electron chi connectivity index (χ0n) is 19.4. The summed E-state index contributed by atoms with van der Waals surface area (Å²) in [5.41, 5.74) is 3.15. The predicted octanol–water partition coefficient (Wildman–Crippen LogP) is 3.40. The number of nitrogens with zero attached hydrogens (tertiary/aromatic N) is 6. The summed E-state index contributed by atoms with van der Waals surface area (Å²) < 4.78 is 13.0. The maximum absolute atomic E-state index is 9.19. The van der Waals surface area contributed by atoms with Crippen LogP contribution in [-0.2, 0) is 11.3 Å². The van der Waals surface area contributed by atoms with E-state index in [9.17, 15) is 5.26 Å². The van der Waals surface area contributed by atoms with Crippen molar-refractivity contribution in [1.29, 1.82) is 5.26 Å². The van der Waals surface area contributed by atoms with Crippen molar-refractivity contribution in [3.63, 3.8) is 0 Å². The number of nitriles is 1. The molecule has 35 heavy (non-hydrogen) atoms. The van der Waals surface area contributed by atoms with E-state index in [0.29, 0.717) is 30.2 Å². The molecule has 1 fully saturated rings. The fourth-order valence-electron chi connectivity index (χ4n) is 4.07. The quantitative estimate of drug-likeness (QED) is 0.372. The number of aromatic nitrogens is 4. The molecule has 9 heteroatoms. The second-order valence-corrected chi connectivity index (χ2v) is 8.33. The van der Waals surface area contributed by atoms with Crippen molar-refractivity contribution >= 4 is 16.9 Å². The Hall–Kier alpha value is -4.00. The van der Waals surface area contributed by atoms with E-state index in [-0.39, 0.29) is 0 Å². The van der Waals surface area contributed by atoms with Gasteiger partial charge in [-0.05, 0) is 42.3 Å². The molecule has 1 aliphatic heterocycles. The van der Waals surface area contributed by atoms with E-state index in [4.69, 9.17) is 9.47 Å². The van der Waals surface area contributed by atoms with Crippen LogP contribution in [0.2, 0.25) is 0 Å². The minimum Gasteiger partial charge on any atom is -0.494 e. The molecule has 1 saturated heterocycles. The molecule has 0 aliphatic carbocycles. The van der Waals surface area contributed by atoms with Gasteiger partial charge in [-0.1, -0.05) is 18.2 Å². The Bertz CT molecular complexity index is 1310. The number of hydrogen-bond donors (Lipinski definition) is 1. The molecule has 1 N–H and O–H groups in total. The molecule has 2 aromatic carbocycles. The van der Waals surface area contributed by atoms with Gasteiger partial charge in [-0.15, -0.1) is 0 Å². The van der Waals surface area contributed by atoms with Crippen molar-refractivity contribution in [2.75, 3.05) is 44.8 Å². The van der Waals surface area contributed by atoms with Crippen LogP contribution in [-0.4, -0.2) is 64.1 Å². The van der Waals surface area contributed by atoms with Crippen molar-refractivity contribution in [2.24, 2.45) is 0 Å². The van der Waals surface area contributed by atoms with E-state index in [1.54, 1.807) is 23.0 Å². The Morgan fingerprint density at radius 1 is 1.09 bits per heavy atom. The van der Waals surface area contributed by atoms with Crippen molar-refractivity contribution in [2.45, 2.75) is 13.0 Å².